The Morgan fingerprint density at radius 1 is 1.03 bits per heavy atom. The van der Waals surface area contributed by atoms with Crippen molar-refractivity contribution in [1.82, 2.24) is 19.5 Å². The molecular weight excluding hydrogens is 762 g/mol. The largest absolute Gasteiger partial charge is 0.390 e. The Balaban J connectivity index is 0.983. The molecule has 2 aliphatic heterocycles. The zero-order chi connectivity index (χ0) is 41.2. The first-order chi connectivity index (χ1) is 27.7. The maximum Gasteiger partial charge on any atom is 0.312 e. The Labute approximate surface area is 341 Å². The van der Waals surface area contributed by atoms with Crippen molar-refractivity contribution in [1.29, 1.82) is 0 Å². The van der Waals surface area contributed by atoms with Gasteiger partial charge >= 0.3 is 5.69 Å². The van der Waals surface area contributed by atoms with Crippen LogP contribution in [-0.4, -0.2) is 103 Å². The quantitative estimate of drug-likeness (QED) is 0.125. The fraction of sp³-hybridized carbons (Fsp3) is 0.581. The third kappa shape index (κ3) is 9.17. The lowest BCUT2D eigenvalue weighted by molar-refractivity contribution is -0.384. The summed E-state index contributed by atoms with van der Waals surface area (Å²) in [5.41, 5.74) is 2.53. The van der Waals surface area contributed by atoms with Crippen molar-refractivity contribution >= 4 is 33.1 Å². The highest BCUT2D eigenvalue weighted by Gasteiger charge is 2.50. The number of aromatic nitrogens is 1. The van der Waals surface area contributed by atoms with Crippen LogP contribution in [0.5, 0.6) is 0 Å². The molecule has 58 heavy (non-hydrogen) atoms. The Morgan fingerprint density at radius 3 is 2.41 bits per heavy atom. The topological polar surface area (TPSA) is 161 Å². The minimum atomic E-state index is -4.51. The Hall–Kier alpha value is -4.18. The minimum absolute atomic E-state index is 0.0500. The number of sulfonamides is 1. The van der Waals surface area contributed by atoms with Gasteiger partial charge in [0.05, 0.1) is 22.3 Å². The molecule has 0 radical (unpaired) electrons. The second-order valence-electron chi connectivity index (χ2n) is 17.6. The maximum absolute atomic E-state index is 13.7. The van der Waals surface area contributed by atoms with E-state index in [9.17, 15) is 32.8 Å². The lowest BCUT2D eigenvalue weighted by atomic mass is 9.59. The Kier molecular flexibility index (Phi) is 12.4. The molecule has 0 bridgehead atoms. The SMILES string of the molecule is CC(C)c1ccccc1[C@@H]1CN(CCF)CCN1C1CC2(CCN(c3ccccc3C(=O)NS(=O)(=O)c3cnc(NCC4CCC(C)(O)CC4)c([N+](=O)[O-])c3)CC2)C1. The van der Waals surface area contributed by atoms with E-state index in [0.717, 1.165) is 83.5 Å². The number of pyridine rings is 1. The van der Waals surface area contributed by atoms with Crippen molar-refractivity contribution in [3.05, 3.63) is 87.6 Å². The average Bonchev–Trinajstić information content (AvgIpc) is 3.19. The molecule has 7 rings (SSSR count). The highest BCUT2D eigenvalue weighted by Crippen LogP contribution is 2.53. The molecule has 1 amide bonds. The summed E-state index contributed by atoms with van der Waals surface area (Å²) in [6.45, 7) is 10.8. The van der Waals surface area contributed by atoms with Crippen LogP contribution in [0.3, 0.4) is 0 Å². The van der Waals surface area contributed by atoms with Gasteiger partial charge < -0.3 is 15.3 Å². The predicted octanol–water partition coefficient (Wildman–Crippen LogP) is 6.66. The second kappa shape index (κ2) is 17.2. The molecule has 2 aromatic carbocycles. The van der Waals surface area contributed by atoms with Gasteiger partial charge in [-0.25, -0.2) is 22.5 Å². The highest BCUT2D eigenvalue weighted by molar-refractivity contribution is 7.90. The molecule has 13 nitrogen and oxygen atoms in total. The van der Waals surface area contributed by atoms with Crippen molar-refractivity contribution in [2.75, 3.05) is 62.7 Å². The maximum atomic E-state index is 13.7. The standard InChI is InChI=1S/C43H58FN7O6S/c1-30(2)34-8-4-5-9-35(34)39-29-48(21-18-44)22-23-50(39)32-25-43(26-32)16-19-49(20-17-43)37-11-7-6-10-36(37)41(52)47-58(56,57)33-24-38(51(54)55)40(46-28-33)45-27-31-12-14-42(3,53)15-13-31/h4-11,24,28,30-32,39,53H,12-23,25-27,29H2,1-3H3,(H,45,46)(H,47,52)/t31?,39-,42?/m0/s1. The van der Waals surface area contributed by atoms with Crippen LogP contribution in [0.1, 0.15) is 106 Å². The summed E-state index contributed by atoms with van der Waals surface area (Å²) < 4.78 is 42.6. The number of nitrogens with one attached hydrogen (secondary N) is 2. The molecule has 4 aliphatic rings. The Morgan fingerprint density at radius 2 is 1.72 bits per heavy atom. The van der Waals surface area contributed by atoms with E-state index in [1.807, 2.05) is 12.1 Å². The molecule has 1 aromatic heterocycles. The van der Waals surface area contributed by atoms with E-state index >= 15 is 0 Å². The van der Waals surface area contributed by atoms with Crippen molar-refractivity contribution in [3.8, 4) is 0 Å². The normalized spacial score (nSPS) is 24.4. The molecule has 2 aliphatic carbocycles. The number of piperidine rings is 1. The van der Waals surface area contributed by atoms with Gasteiger partial charge in [0.15, 0.2) is 0 Å². The summed E-state index contributed by atoms with van der Waals surface area (Å²) in [7, 11) is -4.51. The predicted molar refractivity (Wildman–Crippen MR) is 222 cm³/mol. The number of para-hydroxylation sites is 1. The molecule has 3 heterocycles. The fourth-order valence-electron chi connectivity index (χ4n) is 9.81. The van der Waals surface area contributed by atoms with E-state index in [1.54, 1.807) is 19.1 Å². The number of alkyl halides is 1. The van der Waals surface area contributed by atoms with E-state index < -0.39 is 37.0 Å². The van der Waals surface area contributed by atoms with E-state index in [-0.39, 0.29) is 35.4 Å². The highest BCUT2D eigenvalue weighted by atomic mass is 32.2. The van der Waals surface area contributed by atoms with Crippen LogP contribution in [0.4, 0.5) is 21.6 Å². The first-order valence-corrected chi connectivity index (χ1v) is 22.3. The number of hydrogen-bond acceptors (Lipinski definition) is 11. The molecule has 2 saturated heterocycles. The van der Waals surface area contributed by atoms with Gasteiger partial charge in [-0.2, -0.15) is 0 Å². The van der Waals surface area contributed by atoms with Gasteiger partial charge in [0.25, 0.3) is 15.9 Å². The van der Waals surface area contributed by atoms with Crippen molar-refractivity contribution in [2.45, 2.75) is 101 Å². The summed E-state index contributed by atoms with van der Waals surface area (Å²) in [4.78, 5) is 35.7. The Bertz CT molecular complexity index is 2060. The molecule has 1 atom stereocenters. The van der Waals surface area contributed by atoms with Gasteiger partial charge in [-0.15, -0.1) is 0 Å². The van der Waals surface area contributed by atoms with Crippen LogP contribution < -0.4 is 14.9 Å². The number of halogens is 1. The van der Waals surface area contributed by atoms with Crippen LogP contribution >= 0.6 is 0 Å². The monoisotopic (exact) mass is 819 g/mol. The molecule has 314 valence electrons. The van der Waals surface area contributed by atoms with Gasteiger partial charge in [-0.3, -0.25) is 24.7 Å². The van der Waals surface area contributed by atoms with Gasteiger partial charge in [-0.1, -0.05) is 50.2 Å². The van der Waals surface area contributed by atoms with E-state index in [0.29, 0.717) is 43.6 Å². The summed E-state index contributed by atoms with van der Waals surface area (Å²) in [6.07, 6.45) is 7.86. The second-order valence-corrected chi connectivity index (χ2v) is 19.3. The third-order valence-electron chi connectivity index (χ3n) is 13.3. The lowest BCUT2D eigenvalue weighted by Crippen LogP contribution is -2.60. The third-order valence-corrected chi connectivity index (χ3v) is 14.6. The van der Waals surface area contributed by atoms with E-state index in [2.05, 4.69) is 67.8 Å². The summed E-state index contributed by atoms with van der Waals surface area (Å²) in [5, 5.41) is 25.2. The zero-order valence-electron chi connectivity index (χ0n) is 33.9. The number of benzene rings is 2. The zero-order valence-corrected chi connectivity index (χ0v) is 34.7. The molecule has 4 fully saturated rings. The number of rotatable bonds is 13. The van der Waals surface area contributed by atoms with Crippen molar-refractivity contribution in [3.63, 3.8) is 0 Å². The lowest BCUT2D eigenvalue weighted by Gasteiger charge is -2.58. The molecular formula is C43H58FN7O6S. The summed E-state index contributed by atoms with van der Waals surface area (Å²) >= 11 is 0. The van der Waals surface area contributed by atoms with Gasteiger partial charge in [0.1, 0.15) is 11.6 Å². The van der Waals surface area contributed by atoms with Crippen LogP contribution in [0.15, 0.2) is 65.7 Å². The summed E-state index contributed by atoms with van der Waals surface area (Å²) in [5.74, 6) is -0.293. The smallest absolute Gasteiger partial charge is 0.312 e. The minimum Gasteiger partial charge on any atom is -0.390 e. The molecule has 3 aromatic rings. The number of carbonyl (C=O) groups is 1. The number of hydrogen-bond donors (Lipinski definition) is 3. The average molecular weight is 820 g/mol. The van der Waals surface area contributed by atoms with Crippen molar-refractivity contribution in [2.24, 2.45) is 11.3 Å². The van der Waals surface area contributed by atoms with Gasteiger partial charge in [0, 0.05) is 69.7 Å². The first-order valence-electron chi connectivity index (χ1n) is 20.8. The molecule has 0 unspecified atom stereocenters. The number of anilines is 2. The number of amides is 1. The molecule has 3 N–H and O–H groups in total. The number of aliphatic hydroxyl groups is 1. The van der Waals surface area contributed by atoms with E-state index in [1.165, 1.54) is 11.1 Å². The molecule has 2 saturated carbocycles. The van der Waals surface area contributed by atoms with Gasteiger partial charge in [0.2, 0.25) is 5.82 Å². The molecule has 1 spiro atoms. The van der Waals surface area contributed by atoms with Crippen molar-refractivity contribution < 1.29 is 27.6 Å². The number of nitro groups is 1. The van der Waals surface area contributed by atoms with Crippen LogP contribution in [0.2, 0.25) is 0 Å². The number of nitrogens with zero attached hydrogens (tertiary/aromatic N) is 5. The van der Waals surface area contributed by atoms with Crippen LogP contribution in [-0.2, 0) is 10.0 Å². The fourth-order valence-corrected chi connectivity index (χ4v) is 10.7. The molecule has 15 heteroatoms. The van der Waals surface area contributed by atoms with Crippen LogP contribution in [0.25, 0.3) is 0 Å². The first kappa shape index (κ1) is 42.0. The van der Waals surface area contributed by atoms with E-state index in [4.69, 9.17) is 0 Å². The van der Waals surface area contributed by atoms with Crippen LogP contribution in [0, 0.1) is 21.4 Å². The number of carbonyl (C=O) groups excluding carboxylic acids is 1. The van der Waals surface area contributed by atoms with Gasteiger partial charge in [-0.05, 0) is 98.8 Å². The number of piperazine rings is 1. The summed E-state index contributed by atoms with van der Waals surface area (Å²) in [6, 6.07) is 17.2.